The fourth-order valence-electron chi connectivity index (χ4n) is 1.38. The molecule has 0 atom stereocenters. The van der Waals surface area contributed by atoms with Crippen LogP contribution in [-0.2, 0) is 4.74 Å². The van der Waals surface area contributed by atoms with E-state index in [-0.39, 0.29) is 0 Å². The average Bonchev–Trinajstić information content (AvgIpc) is 3.04. The highest BCUT2D eigenvalue weighted by Gasteiger charge is 2.20. The van der Waals surface area contributed by atoms with Gasteiger partial charge in [0.05, 0.1) is 17.3 Å². The van der Waals surface area contributed by atoms with Crippen LogP contribution in [-0.4, -0.2) is 24.7 Å². The van der Waals surface area contributed by atoms with E-state index >= 15 is 0 Å². The smallest absolute Gasteiger partial charge is 0.149 e. The highest BCUT2D eigenvalue weighted by atomic mass is 35.5. The minimum atomic E-state index is 0.549. The number of nitrogens with one attached hydrogen (secondary N) is 1. The van der Waals surface area contributed by atoms with Crippen molar-refractivity contribution in [2.24, 2.45) is 5.92 Å². The van der Waals surface area contributed by atoms with Crippen LogP contribution >= 0.6 is 11.6 Å². The molecule has 0 bridgehead atoms. The van der Waals surface area contributed by atoms with Gasteiger partial charge >= 0.3 is 0 Å². The lowest BCUT2D eigenvalue weighted by Crippen LogP contribution is -2.12. The van der Waals surface area contributed by atoms with Gasteiger partial charge in [0.25, 0.3) is 0 Å². The molecule has 0 amide bonds. The van der Waals surface area contributed by atoms with Crippen molar-refractivity contribution in [1.29, 1.82) is 0 Å². The molecule has 3 N–H and O–H groups in total. The Kier molecular flexibility index (Phi) is 3.85. The summed E-state index contributed by atoms with van der Waals surface area (Å²) in [5, 5.41) is 3.66. The van der Waals surface area contributed by atoms with Gasteiger partial charge in [-0.1, -0.05) is 11.6 Å². The van der Waals surface area contributed by atoms with Gasteiger partial charge in [-0.05, 0) is 24.8 Å². The number of anilines is 2. The van der Waals surface area contributed by atoms with Crippen molar-refractivity contribution in [3.63, 3.8) is 0 Å². The molecule has 1 heterocycles. The van der Waals surface area contributed by atoms with Gasteiger partial charge in [-0.2, -0.15) is 0 Å². The van der Waals surface area contributed by atoms with Crippen molar-refractivity contribution in [3.8, 4) is 0 Å². The predicted octanol–water partition coefficient (Wildman–Crippen LogP) is 2.16. The van der Waals surface area contributed by atoms with Crippen LogP contribution in [0.1, 0.15) is 12.8 Å². The zero-order chi connectivity index (χ0) is 11.4. The number of pyridine rings is 1. The molecule has 1 aliphatic rings. The molecule has 1 aliphatic carbocycles. The topological polar surface area (TPSA) is 60.2 Å². The summed E-state index contributed by atoms with van der Waals surface area (Å²) in [6, 6.07) is 1.68. The van der Waals surface area contributed by atoms with Crippen molar-refractivity contribution in [2.45, 2.75) is 12.8 Å². The van der Waals surface area contributed by atoms with Crippen molar-refractivity contribution in [2.75, 3.05) is 30.8 Å². The van der Waals surface area contributed by atoms with Crippen LogP contribution in [0.5, 0.6) is 0 Å². The lowest BCUT2D eigenvalue weighted by molar-refractivity contribution is 0.134. The van der Waals surface area contributed by atoms with E-state index in [2.05, 4.69) is 10.3 Å². The zero-order valence-electron chi connectivity index (χ0n) is 9.08. The first kappa shape index (κ1) is 11.5. The first-order valence-corrected chi connectivity index (χ1v) is 5.86. The SMILES string of the molecule is Nc1cc(Cl)cnc1NCCOCC1CC1. The lowest BCUT2D eigenvalue weighted by atomic mass is 10.4. The van der Waals surface area contributed by atoms with Gasteiger partial charge in [0.1, 0.15) is 5.82 Å². The molecule has 0 aliphatic heterocycles. The predicted molar refractivity (Wildman–Crippen MR) is 65.7 cm³/mol. The molecule has 2 rings (SSSR count). The van der Waals surface area contributed by atoms with Crippen LogP contribution < -0.4 is 11.1 Å². The molecule has 5 heteroatoms. The second kappa shape index (κ2) is 5.37. The van der Waals surface area contributed by atoms with E-state index in [1.165, 1.54) is 12.8 Å². The zero-order valence-corrected chi connectivity index (χ0v) is 9.83. The largest absolute Gasteiger partial charge is 0.396 e. The molecule has 1 aromatic rings. The molecular formula is C11H16ClN3O. The number of nitrogens with two attached hydrogens (primary N) is 1. The molecule has 4 nitrogen and oxygen atoms in total. The Bertz CT molecular complexity index is 355. The van der Waals surface area contributed by atoms with Crippen LogP contribution in [0.25, 0.3) is 0 Å². The molecule has 0 spiro atoms. The first-order chi connectivity index (χ1) is 7.75. The van der Waals surface area contributed by atoms with Crippen LogP contribution in [0, 0.1) is 5.92 Å². The van der Waals surface area contributed by atoms with Gasteiger partial charge < -0.3 is 15.8 Å². The molecule has 0 unspecified atom stereocenters. The fourth-order valence-corrected chi connectivity index (χ4v) is 1.55. The summed E-state index contributed by atoms with van der Waals surface area (Å²) >= 11 is 5.75. The van der Waals surface area contributed by atoms with Crippen molar-refractivity contribution < 1.29 is 4.74 Å². The van der Waals surface area contributed by atoms with Crippen molar-refractivity contribution >= 4 is 23.1 Å². The minimum absolute atomic E-state index is 0.549. The van der Waals surface area contributed by atoms with Crippen LogP contribution in [0.15, 0.2) is 12.3 Å². The van der Waals surface area contributed by atoms with E-state index in [0.717, 1.165) is 12.5 Å². The molecule has 1 aromatic heterocycles. The first-order valence-electron chi connectivity index (χ1n) is 5.48. The standard InChI is InChI=1S/C11H16ClN3O/c12-9-5-10(13)11(15-6-9)14-3-4-16-7-8-1-2-8/h5-6,8H,1-4,7,13H2,(H,14,15). The Balaban J connectivity index is 1.67. The summed E-state index contributed by atoms with van der Waals surface area (Å²) in [6.07, 6.45) is 4.21. The molecule has 0 aromatic carbocycles. The Morgan fingerprint density at radius 1 is 1.56 bits per heavy atom. The number of ether oxygens (including phenoxy) is 1. The summed E-state index contributed by atoms with van der Waals surface area (Å²) in [4.78, 5) is 4.10. The van der Waals surface area contributed by atoms with E-state index in [4.69, 9.17) is 22.1 Å². The molecule has 88 valence electrons. The quantitative estimate of drug-likeness (QED) is 0.750. The third-order valence-corrected chi connectivity index (χ3v) is 2.68. The molecule has 16 heavy (non-hydrogen) atoms. The number of nitrogen functional groups attached to an aromatic ring is 1. The third-order valence-electron chi connectivity index (χ3n) is 2.47. The van der Waals surface area contributed by atoms with Crippen LogP contribution in [0.3, 0.4) is 0 Å². The number of rotatable bonds is 6. The summed E-state index contributed by atoms with van der Waals surface area (Å²) in [5.41, 5.74) is 6.31. The highest BCUT2D eigenvalue weighted by Crippen LogP contribution is 2.28. The Hall–Kier alpha value is -1.00. The lowest BCUT2D eigenvalue weighted by Gasteiger charge is -2.08. The summed E-state index contributed by atoms with van der Waals surface area (Å²) in [7, 11) is 0. The summed E-state index contributed by atoms with van der Waals surface area (Å²) in [6.45, 7) is 2.27. The number of aromatic nitrogens is 1. The Labute approximate surface area is 100 Å². The Morgan fingerprint density at radius 2 is 2.38 bits per heavy atom. The van der Waals surface area contributed by atoms with E-state index in [0.29, 0.717) is 29.7 Å². The van der Waals surface area contributed by atoms with Gasteiger partial charge in [0, 0.05) is 19.3 Å². The maximum Gasteiger partial charge on any atom is 0.149 e. The third kappa shape index (κ3) is 3.54. The second-order valence-electron chi connectivity index (χ2n) is 4.04. The van der Waals surface area contributed by atoms with Gasteiger partial charge in [-0.3, -0.25) is 0 Å². The van der Waals surface area contributed by atoms with Crippen LogP contribution in [0.4, 0.5) is 11.5 Å². The molecule has 1 saturated carbocycles. The van der Waals surface area contributed by atoms with E-state index in [1.54, 1.807) is 12.3 Å². The highest BCUT2D eigenvalue weighted by molar-refractivity contribution is 6.30. The molecule has 0 saturated heterocycles. The van der Waals surface area contributed by atoms with Crippen molar-refractivity contribution in [1.82, 2.24) is 4.98 Å². The van der Waals surface area contributed by atoms with Crippen molar-refractivity contribution in [3.05, 3.63) is 17.3 Å². The van der Waals surface area contributed by atoms with Gasteiger partial charge in [-0.15, -0.1) is 0 Å². The maximum absolute atomic E-state index is 5.75. The molecular weight excluding hydrogens is 226 g/mol. The number of hydrogen-bond acceptors (Lipinski definition) is 4. The van der Waals surface area contributed by atoms with Gasteiger partial charge in [-0.25, -0.2) is 4.98 Å². The van der Waals surface area contributed by atoms with Gasteiger partial charge in [0.2, 0.25) is 0 Å². The van der Waals surface area contributed by atoms with E-state index in [1.807, 2.05) is 0 Å². The molecule has 0 radical (unpaired) electrons. The summed E-state index contributed by atoms with van der Waals surface area (Å²) in [5.74, 6) is 1.47. The summed E-state index contributed by atoms with van der Waals surface area (Å²) < 4.78 is 5.49. The maximum atomic E-state index is 5.75. The second-order valence-corrected chi connectivity index (χ2v) is 4.47. The molecule has 1 fully saturated rings. The van der Waals surface area contributed by atoms with Gasteiger partial charge in [0.15, 0.2) is 0 Å². The number of hydrogen-bond donors (Lipinski definition) is 2. The normalized spacial score (nSPS) is 15.1. The Morgan fingerprint density at radius 3 is 3.06 bits per heavy atom. The number of halogens is 1. The van der Waals surface area contributed by atoms with E-state index < -0.39 is 0 Å². The minimum Gasteiger partial charge on any atom is -0.396 e. The fraction of sp³-hybridized carbons (Fsp3) is 0.545. The van der Waals surface area contributed by atoms with E-state index in [9.17, 15) is 0 Å². The number of nitrogens with zero attached hydrogens (tertiary/aromatic N) is 1. The monoisotopic (exact) mass is 241 g/mol. The average molecular weight is 242 g/mol. The van der Waals surface area contributed by atoms with Crippen LogP contribution in [0.2, 0.25) is 5.02 Å².